The summed E-state index contributed by atoms with van der Waals surface area (Å²) in [6, 6.07) is 4.65. The van der Waals surface area contributed by atoms with E-state index in [9.17, 15) is 42.9 Å². The molecule has 23 heteroatoms. The number of hydrogen-bond acceptors (Lipinski definition) is 20. The van der Waals surface area contributed by atoms with E-state index in [-0.39, 0.29) is 55.2 Å². The zero-order valence-corrected chi connectivity index (χ0v) is 49.8. The number of nitrogens with one attached hydrogen (secondary N) is 1. The van der Waals surface area contributed by atoms with E-state index in [1.54, 1.807) is 58.2 Å². The smallest absolute Gasteiger partial charge is 0.477 e. The topological polar surface area (TPSA) is 270 Å². The van der Waals surface area contributed by atoms with E-state index in [2.05, 4.69) is 5.32 Å². The molecule has 1 aromatic carbocycles. The molecule has 4 aliphatic rings. The van der Waals surface area contributed by atoms with Crippen LogP contribution in [0.5, 0.6) is 0 Å². The van der Waals surface area contributed by atoms with Gasteiger partial charge in [0.1, 0.15) is 23.9 Å². The normalized spacial score (nSPS) is 37.4. The van der Waals surface area contributed by atoms with Crippen LogP contribution in [-0.4, -0.2) is 200 Å². The maximum absolute atomic E-state index is 14.8. The largest absolute Gasteiger partial charge is 0.509 e. The Hall–Kier alpha value is -3.85. The predicted octanol–water partition coefficient (Wildman–Crippen LogP) is 4.69. The summed E-state index contributed by atoms with van der Waals surface area (Å²) in [6.45, 7) is 21.0. The van der Waals surface area contributed by atoms with E-state index < -0.39 is 124 Å². The molecule has 6 rings (SSSR count). The Morgan fingerprint density at radius 1 is 0.962 bits per heavy atom. The minimum Gasteiger partial charge on any atom is -0.477 e. The Bertz CT molecular complexity index is 2600. The molecule has 448 valence electrons. The van der Waals surface area contributed by atoms with E-state index in [0.717, 1.165) is 5.56 Å². The lowest BCUT2D eigenvalue weighted by Crippen LogP contribution is -2.61. The Morgan fingerprint density at radius 3 is 2.29 bits per heavy atom. The van der Waals surface area contributed by atoms with Crippen molar-refractivity contribution in [1.29, 1.82) is 0 Å². The number of methoxy groups -OCH3 is 1. The number of carboxylic acids is 1. The van der Waals surface area contributed by atoms with Crippen LogP contribution in [0.25, 0.3) is 10.9 Å². The SMILES string of the molecule is CC[C@@H]1OC(=O)[C@H](C)[C@@H](O[C@H]2C[C@@](C)(OC)[C@@H](OS(=O)(=O)CCNCCCc3ccc4c(c3)c(=O)c(C(=O)O)cn4CC)[C@H](C)O2)[C@@H](C)[C@@H](O[C@@H]2O[C@H](C)C[C@H](N(C)C)[C@H]2O)[C@](C)(O)C[C@H](C)CN(C)[C@H](C)[C@H]2OC(=O)O[C@]12C. The van der Waals surface area contributed by atoms with E-state index in [1.807, 2.05) is 71.6 Å². The van der Waals surface area contributed by atoms with Crippen molar-refractivity contribution in [2.45, 2.75) is 212 Å². The molecular formula is C56H90N4O18S. The van der Waals surface area contributed by atoms with Crippen molar-refractivity contribution in [3.8, 4) is 0 Å². The van der Waals surface area contributed by atoms with Crippen molar-refractivity contribution in [3.05, 3.63) is 45.7 Å². The number of cyclic esters (lactones) is 1. The summed E-state index contributed by atoms with van der Waals surface area (Å²) in [4.78, 5) is 56.4. The highest BCUT2D eigenvalue weighted by molar-refractivity contribution is 7.86. The molecule has 0 radical (unpaired) electrons. The second-order valence-electron chi connectivity index (χ2n) is 23.6. The highest BCUT2D eigenvalue weighted by Gasteiger charge is 2.58. The molecule has 0 saturated carbocycles. The number of likely N-dealkylation sites (N-methyl/N-ethyl adjacent to an activating group) is 2. The second-order valence-corrected chi connectivity index (χ2v) is 25.3. The van der Waals surface area contributed by atoms with E-state index in [1.165, 1.54) is 13.3 Å². The van der Waals surface area contributed by atoms with Gasteiger partial charge in [0.05, 0.1) is 52.8 Å². The fourth-order valence-corrected chi connectivity index (χ4v) is 13.6. The fourth-order valence-electron chi connectivity index (χ4n) is 12.5. The lowest BCUT2D eigenvalue weighted by Gasteiger charge is -2.49. The van der Waals surface area contributed by atoms with Crippen LogP contribution in [0.2, 0.25) is 0 Å². The van der Waals surface area contributed by atoms with Gasteiger partial charge in [-0.15, -0.1) is 0 Å². The van der Waals surface area contributed by atoms with Gasteiger partial charge in [0.15, 0.2) is 24.3 Å². The van der Waals surface area contributed by atoms with Gasteiger partial charge in [-0.1, -0.05) is 26.8 Å². The molecule has 0 amide bonds. The van der Waals surface area contributed by atoms with Crippen molar-refractivity contribution in [2.24, 2.45) is 17.8 Å². The van der Waals surface area contributed by atoms with Gasteiger partial charge >= 0.3 is 18.1 Å². The number of fused-ring (bicyclic) bond motifs is 2. The third kappa shape index (κ3) is 14.7. The lowest BCUT2D eigenvalue weighted by molar-refractivity contribution is -0.316. The van der Waals surface area contributed by atoms with Crippen molar-refractivity contribution < 1.29 is 80.2 Å². The van der Waals surface area contributed by atoms with Gasteiger partial charge < -0.3 is 68.0 Å². The molecule has 4 saturated heterocycles. The van der Waals surface area contributed by atoms with E-state index >= 15 is 0 Å². The van der Waals surface area contributed by atoms with Gasteiger partial charge in [-0.25, -0.2) is 9.59 Å². The number of hydrogen-bond donors (Lipinski definition) is 4. The number of aromatic nitrogens is 1. The molecule has 0 aliphatic carbocycles. The number of carbonyl (C=O) groups is 3. The summed E-state index contributed by atoms with van der Waals surface area (Å²) in [5.41, 5.74) is -3.75. The third-order valence-electron chi connectivity index (χ3n) is 16.9. The van der Waals surface area contributed by atoms with Crippen molar-refractivity contribution in [1.82, 2.24) is 19.7 Å². The Kier molecular flexibility index (Phi) is 21.3. The van der Waals surface area contributed by atoms with Gasteiger partial charge in [-0.05, 0) is 139 Å². The highest BCUT2D eigenvalue weighted by atomic mass is 32.2. The number of carboxylic acid groups (broad SMARTS) is 1. The molecule has 0 spiro atoms. The fraction of sp³-hybridized carbons (Fsp3) is 0.786. The number of ether oxygens (including phenoxy) is 8. The molecule has 4 fully saturated rings. The number of pyridine rings is 1. The number of nitrogens with zero attached hydrogens (tertiary/aromatic N) is 3. The zero-order chi connectivity index (χ0) is 58.7. The van der Waals surface area contributed by atoms with Crippen molar-refractivity contribution in [2.75, 3.05) is 53.6 Å². The summed E-state index contributed by atoms with van der Waals surface area (Å²) in [5.74, 6) is -4.57. The first kappa shape index (κ1) is 64.3. The van der Waals surface area contributed by atoms with Gasteiger partial charge in [0, 0.05) is 62.7 Å². The molecule has 4 N–H and O–H groups in total. The number of aryl methyl sites for hydroxylation is 2. The van der Waals surface area contributed by atoms with Crippen LogP contribution in [0.15, 0.2) is 29.2 Å². The number of rotatable bonds is 18. The minimum absolute atomic E-state index is 0.0570. The average Bonchev–Trinajstić information content (AvgIpc) is 3.69. The molecular weight excluding hydrogens is 1050 g/mol. The number of benzene rings is 1. The van der Waals surface area contributed by atoms with Crippen LogP contribution in [0, 0.1) is 17.8 Å². The third-order valence-corrected chi connectivity index (χ3v) is 18.1. The zero-order valence-electron chi connectivity index (χ0n) is 49.0. The molecule has 4 aliphatic heterocycles. The molecule has 2 aromatic rings. The first-order valence-corrected chi connectivity index (χ1v) is 29.5. The maximum Gasteiger partial charge on any atom is 0.509 e. The summed E-state index contributed by atoms with van der Waals surface area (Å²) in [6.07, 6.45) is -7.52. The number of aromatic carboxylic acids is 1. The Labute approximate surface area is 466 Å². The monoisotopic (exact) mass is 1140 g/mol. The maximum atomic E-state index is 14.8. The first-order chi connectivity index (χ1) is 36.9. The van der Waals surface area contributed by atoms with Crippen LogP contribution < -0.4 is 10.7 Å². The summed E-state index contributed by atoms with van der Waals surface area (Å²) in [7, 11) is 2.85. The second kappa shape index (κ2) is 26.2. The van der Waals surface area contributed by atoms with Gasteiger partial charge in [0.2, 0.25) is 5.43 Å². The number of carbonyl (C=O) groups excluding carboxylic acids is 2. The lowest BCUT2D eigenvalue weighted by atomic mass is 9.77. The van der Waals surface area contributed by atoms with E-state index in [0.29, 0.717) is 49.8 Å². The quantitative estimate of drug-likeness (QED) is 0.0895. The average molecular weight is 1140 g/mol. The summed E-state index contributed by atoms with van der Waals surface area (Å²) in [5, 5.41) is 37.7. The molecule has 18 atom stereocenters. The molecule has 0 unspecified atom stereocenters. The predicted molar refractivity (Wildman–Crippen MR) is 292 cm³/mol. The molecule has 5 heterocycles. The number of esters is 1. The van der Waals surface area contributed by atoms with Crippen LogP contribution >= 0.6 is 0 Å². The van der Waals surface area contributed by atoms with Crippen LogP contribution in [0.4, 0.5) is 4.79 Å². The van der Waals surface area contributed by atoms with Crippen molar-refractivity contribution in [3.63, 3.8) is 0 Å². The van der Waals surface area contributed by atoms with Crippen LogP contribution in [0.1, 0.15) is 124 Å². The molecule has 0 bridgehead atoms. The summed E-state index contributed by atoms with van der Waals surface area (Å²) >= 11 is 0. The van der Waals surface area contributed by atoms with E-state index in [4.69, 9.17) is 42.1 Å². The van der Waals surface area contributed by atoms with Gasteiger partial charge in [-0.3, -0.25) is 18.7 Å². The first-order valence-electron chi connectivity index (χ1n) is 28.0. The van der Waals surface area contributed by atoms with Crippen molar-refractivity contribution >= 4 is 39.1 Å². The van der Waals surface area contributed by atoms with Gasteiger partial charge in [0.25, 0.3) is 10.1 Å². The number of aliphatic hydroxyl groups excluding tert-OH is 1. The highest BCUT2D eigenvalue weighted by Crippen LogP contribution is 2.43. The molecule has 22 nitrogen and oxygen atoms in total. The standard InChI is InChI=1S/C56H90N4O18S/c1-16-42-56(11)48(76-53(66)77-56)35(7)59(14)29-31(3)27-54(9,67)47(75-52-45(62)41(58(12)13)25-32(4)71-52)33(5)46(34(6)51(65)73-42)74-43-28-55(10,70-15)49(36(8)72-43)78-79(68,69)24-23-57-22-18-19-37-20-21-40-38(26-37)44(61)39(50(63)64)30-60(40)17-2/h20-21,26,30-36,41-43,45-49,52,57,62,67H,16-19,22-25,27-29H2,1-15H3,(H,63,64)/t31-,32+,33+,34+,35+,36-,41-,42-,43-,45+,46-,47+,48+,49-,52-,54+,55+,56+/m0/s1. The molecule has 79 heavy (non-hydrogen) atoms. The van der Waals surface area contributed by atoms with Crippen LogP contribution in [-0.2, 0) is 70.0 Å². The number of aliphatic hydroxyl groups is 2. The minimum atomic E-state index is -4.20. The molecule has 1 aromatic heterocycles. The van der Waals surface area contributed by atoms with Crippen LogP contribution in [0.3, 0.4) is 0 Å². The Balaban J connectivity index is 1.21. The Morgan fingerprint density at radius 2 is 1.66 bits per heavy atom. The van der Waals surface area contributed by atoms with Gasteiger partial charge in [-0.2, -0.15) is 8.42 Å². The summed E-state index contributed by atoms with van der Waals surface area (Å²) < 4.78 is 85.7.